The van der Waals surface area contributed by atoms with Crippen molar-refractivity contribution in [3.05, 3.63) is 71.4 Å². The Balaban J connectivity index is 1.52. The standard InChI is InChI=1S/C19H20N4O2/c20-23-11-15-6-7-18-17(10-15)16(12-22-18)8-9-21-19(24)25-13-14-4-2-1-3-5-14/h1-7,10-12,22H,8-9,13,20H2,(H,21,24). The highest BCUT2D eigenvalue weighted by Crippen LogP contribution is 2.19. The maximum Gasteiger partial charge on any atom is 0.407 e. The molecule has 0 unspecified atom stereocenters. The molecule has 0 aliphatic carbocycles. The fourth-order valence-electron chi connectivity index (χ4n) is 2.64. The summed E-state index contributed by atoms with van der Waals surface area (Å²) >= 11 is 0. The van der Waals surface area contributed by atoms with Crippen molar-refractivity contribution in [2.24, 2.45) is 10.9 Å². The van der Waals surface area contributed by atoms with Gasteiger partial charge in [-0.1, -0.05) is 36.4 Å². The van der Waals surface area contributed by atoms with Crippen LogP contribution < -0.4 is 11.2 Å². The molecule has 0 bridgehead atoms. The number of hydrazone groups is 1. The van der Waals surface area contributed by atoms with Crippen LogP contribution in [-0.2, 0) is 17.8 Å². The van der Waals surface area contributed by atoms with Crippen molar-refractivity contribution in [3.63, 3.8) is 0 Å². The minimum Gasteiger partial charge on any atom is -0.445 e. The van der Waals surface area contributed by atoms with Gasteiger partial charge in [-0.15, -0.1) is 0 Å². The van der Waals surface area contributed by atoms with Crippen molar-refractivity contribution in [1.29, 1.82) is 0 Å². The highest BCUT2D eigenvalue weighted by Gasteiger charge is 2.06. The fraction of sp³-hybridized carbons (Fsp3) is 0.158. The van der Waals surface area contributed by atoms with Crippen LogP contribution in [0.4, 0.5) is 4.79 Å². The third-order valence-electron chi connectivity index (χ3n) is 3.89. The zero-order valence-electron chi connectivity index (χ0n) is 13.7. The van der Waals surface area contributed by atoms with Crippen molar-refractivity contribution in [3.8, 4) is 0 Å². The molecule has 3 rings (SSSR count). The molecule has 0 spiro atoms. The van der Waals surface area contributed by atoms with Crippen LogP contribution in [0.25, 0.3) is 10.9 Å². The van der Waals surface area contributed by atoms with E-state index in [1.165, 1.54) is 0 Å². The average molecular weight is 336 g/mol. The van der Waals surface area contributed by atoms with Crippen LogP contribution >= 0.6 is 0 Å². The summed E-state index contributed by atoms with van der Waals surface area (Å²) in [6, 6.07) is 15.5. The molecule has 1 amide bonds. The number of alkyl carbamates (subject to hydrolysis) is 1. The molecule has 25 heavy (non-hydrogen) atoms. The van der Waals surface area contributed by atoms with E-state index < -0.39 is 6.09 Å². The third kappa shape index (κ3) is 4.38. The van der Waals surface area contributed by atoms with Crippen LogP contribution in [0.3, 0.4) is 0 Å². The molecule has 0 radical (unpaired) electrons. The molecule has 0 atom stereocenters. The third-order valence-corrected chi connectivity index (χ3v) is 3.89. The van der Waals surface area contributed by atoms with Crippen LogP contribution in [0.2, 0.25) is 0 Å². The van der Waals surface area contributed by atoms with Crippen LogP contribution in [0.5, 0.6) is 0 Å². The number of amides is 1. The molecule has 0 saturated carbocycles. The number of carbonyl (C=O) groups excluding carboxylic acids is 1. The van der Waals surface area contributed by atoms with Gasteiger partial charge < -0.3 is 20.9 Å². The Hall–Kier alpha value is -3.28. The second kappa shape index (κ2) is 8.01. The summed E-state index contributed by atoms with van der Waals surface area (Å²) in [5.74, 6) is 5.20. The van der Waals surface area contributed by atoms with Gasteiger partial charge in [-0.05, 0) is 35.2 Å². The summed E-state index contributed by atoms with van der Waals surface area (Å²) in [7, 11) is 0. The van der Waals surface area contributed by atoms with Crippen molar-refractivity contribution in [2.75, 3.05) is 6.54 Å². The molecule has 4 N–H and O–H groups in total. The largest absolute Gasteiger partial charge is 0.445 e. The van der Waals surface area contributed by atoms with E-state index in [9.17, 15) is 4.79 Å². The van der Waals surface area contributed by atoms with Gasteiger partial charge in [0.15, 0.2) is 0 Å². The molecule has 1 heterocycles. The molecule has 3 aromatic rings. The number of ether oxygens (including phenoxy) is 1. The topological polar surface area (TPSA) is 92.5 Å². The Labute approximate surface area is 145 Å². The monoisotopic (exact) mass is 336 g/mol. The highest BCUT2D eigenvalue weighted by molar-refractivity contribution is 5.90. The van der Waals surface area contributed by atoms with Gasteiger partial charge in [0, 0.05) is 23.6 Å². The molecule has 0 aliphatic heterocycles. The minimum absolute atomic E-state index is 0.265. The average Bonchev–Trinajstić information content (AvgIpc) is 3.04. The number of aromatic amines is 1. The summed E-state index contributed by atoms with van der Waals surface area (Å²) in [4.78, 5) is 15.0. The highest BCUT2D eigenvalue weighted by atomic mass is 16.5. The number of hydrogen-bond acceptors (Lipinski definition) is 4. The van der Waals surface area contributed by atoms with Gasteiger partial charge in [0.1, 0.15) is 6.61 Å². The number of rotatable bonds is 6. The number of aromatic nitrogens is 1. The first-order chi connectivity index (χ1) is 12.3. The number of hydrogen-bond donors (Lipinski definition) is 3. The summed E-state index contributed by atoms with van der Waals surface area (Å²) in [6.07, 6.45) is 3.84. The number of nitrogens with one attached hydrogen (secondary N) is 2. The molecular formula is C19H20N4O2. The first-order valence-corrected chi connectivity index (χ1v) is 8.04. The molecule has 1 aromatic heterocycles. The Bertz CT molecular complexity index is 872. The van der Waals surface area contributed by atoms with E-state index in [0.717, 1.165) is 27.6 Å². The molecule has 2 aromatic carbocycles. The van der Waals surface area contributed by atoms with Gasteiger partial charge in [0.25, 0.3) is 0 Å². The van der Waals surface area contributed by atoms with Crippen molar-refractivity contribution < 1.29 is 9.53 Å². The summed E-state index contributed by atoms with van der Waals surface area (Å²) < 4.78 is 5.20. The first-order valence-electron chi connectivity index (χ1n) is 8.04. The number of nitrogens with zero attached hydrogens (tertiary/aromatic N) is 1. The van der Waals surface area contributed by atoms with Crippen molar-refractivity contribution in [2.45, 2.75) is 13.0 Å². The zero-order valence-corrected chi connectivity index (χ0v) is 13.7. The zero-order chi connectivity index (χ0) is 17.5. The van der Waals surface area contributed by atoms with Crippen LogP contribution in [0.1, 0.15) is 16.7 Å². The Kier molecular flexibility index (Phi) is 5.31. The lowest BCUT2D eigenvalue weighted by atomic mass is 10.1. The maximum atomic E-state index is 11.8. The summed E-state index contributed by atoms with van der Waals surface area (Å²) in [5, 5.41) is 7.42. The predicted octanol–water partition coefficient (Wildman–Crippen LogP) is 2.93. The van der Waals surface area contributed by atoms with E-state index in [2.05, 4.69) is 15.4 Å². The first kappa shape index (κ1) is 16.6. The van der Waals surface area contributed by atoms with E-state index >= 15 is 0 Å². The lowest BCUT2D eigenvalue weighted by Crippen LogP contribution is -2.26. The van der Waals surface area contributed by atoms with Gasteiger partial charge in [-0.2, -0.15) is 5.10 Å². The normalized spacial score (nSPS) is 11.0. The van der Waals surface area contributed by atoms with Gasteiger partial charge in [0.2, 0.25) is 0 Å². The van der Waals surface area contributed by atoms with Crippen LogP contribution in [0, 0.1) is 0 Å². The lowest BCUT2D eigenvalue weighted by molar-refractivity contribution is 0.140. The van der Waals surface area contributed by atoms with Crippen molar-refractivity contribution in [1.82, 2.24) is 10.3 Å². The SMILES string of the molecule is NN=Cc1ccc2[nH]cc(CCNC(=O)OCc3ccccc3)c2c1. The van der Waals surface area contributed by atoms with Crippen LogP contribution in [-0.4, -0.2) is 23.8 Å². The number of benzene rings is 2. The maximum absolute atomic E-state index is 11.8. The number of H-pyrrole nitrogens is 1. The van der Waals surface area contributed by atoms with Gasteiger partial charge in [0.05, 0.1) is 6.21 Å². The Morgan fingerprint density at radius 3 is 2.88 bits per heavy atom. The predicted molar refractivity (Wildman–Crippen MR) is 98.4 cm³/mol. The smallest absolute Gasteiger partial charge is 0.407 e. The minimum atomic E-state index is -0.417. The molecule has 6 heteroatoms. The molecule has 0 saturated heterocycles. The van der Waals surface area contributed by atoms with Gasteiger partial charge in [-0.25, -0.2) is 4.79 Å². The molecule has 0 fully saturated rings. The Morgan fingerprint density at radius 2 is 2.08 bits per heavy atom. The number of nitrogens with two attached hydrogens (primary N) is 1. The lowest BCUT2D eigenvalue weighted by Gasteiger charge is -2.07. The second-order valence-corrected chi connectivity index (χ2v) is 5.64. The molecule has 6 nitrogen and oxygen atoms in total. The van der Waals surface area contributed by atoms with E-state index in [-0.39, 0.29) is 6.61 Å². The van der Waals surface area contributed by atoms with E-state index in [1.54, 1.807) is 6.21 Å². The quantitative estimate of drug-likeness (QED) is 0.367. The van der Waals surface area contributed by atoms with E-state index in [0.29, 0.717) is 13.0 Å². The Morgan fingerprint density at radius 1 is 1.24 bits per heavy atom. The van der Waals surface area contributed by atoms with E-state index in [1.807, 2.05) is 54.7 Å². The van der Waals surface area contributed by atoms with Crippen molar-refractivity contribution >= 4 is 23.2 Å². The molecule has 0 aliphatic rings. The second-order valence-electron chi connectivity index (χ2n) is 5.64. The van der Waals surface area contributed by atoms with Crippen LogP contribution in [0.15, 0.2) is 59.8 Å². The number of carbonyl (C=O) groups is 1. The summed E-state index contributed by atoms with van der Waals surface area (Å²) in [5.41, 5.74) is 4.05. The summed E-state index contributed by atoms with van der Waals surface area (Å²) in [6.45, 7) is 0.761. The molecule has 128 valence electrons. The van der Waals surface area contributed by atoms with E-state index in [4.69, 9.17) is 10.6 Å². The van der Waals surface area contributed by atoms with Gasteiger partial charge in [-0.3, -0.25) is 0 Å². The van der Waals surface area contributed by atoms with Gasteiger partial charge >= 0.3 is 6.09 Å². The number of fused-ring (bicyclic) bond motifs is 1. The fourth-order valence-corrected chi connectivity index (χ4v) is 2.64. The molecular weight excluding hydrogens is 316 g/mol.